The van der Waals surface area contributed by atoms with Crippen LogP contribution in [0.25, 0.3) is 10.9 Å². The van der Waals surface area contributed by atoms with Crippen LogP contribution in [-0.2, 0) is 14.8 Å². The van der Waals surface area contributed by atoms with Gasteiger partial charge in [0.25, 0.3) is 0 Å². The third kappa shape index (κ3) is 4.51. The maximum atomic E-state index is 11.9. The minimum atomic E-state index is -3.40. The van der Waals surface area contributed by atoms with Gasteiger partial charge >= 0.3 is 0 Å². The Morgan fingerprint density at radius 1 is 1.23 bits per heavy atom. The van der Waals surface area contributed by atoms with Gasteiger partial charge in [-0.2, -0.15) is 0 Å². The summed E-state index contributed by atoms with van der Waals surface area (Å²) in [4.78, 5) is 16.1. The van der Waals surface area contributed by atoms with E-state index in [4.69, 9.17) is 0 Å². The van der Waals surface area contributed by atoms with Crippen LogP contribution in [0, 0.1) is 0 Å². The van der Waals surface area contributed by atoms with E-state index in [1.54, 1.807) is 12.3 Å². The molecule has 0 radical (unpaired) electrons. The van der Waals surface area contributed by atoms with E-state index in [1.165, 1.54) is 0 Å². The van der Waals surface area contributed by atoms with Gasteiger partial charge in [0, 0.05) is 11.6 Å². The van der Waals surface area contributed by atoms with Gasteiger partial charge in [0.2, 0.25) is 15.9 Å². The molecule has 2 rings (SSSR count). The van der Waals surface area contributed by atoms with E-state index in [2.05, 4.69) is 15.0 Å². The maximum absolute atomic E-state index is 11.9. The van der Waals surface area contributed by atoms with E-state index >= 15 is 0 Å². The number of fused-ring (bicyclic) bond motifs is 1. The lowest BCUT2D eigenvalue weighted by Crippen LogP contribution is -2.34. The van der Waals surface area contributed by atoms with E-state index in [-0.39, 0.29) is 12.3 Å². The smallest absolute Gasteiger partial charge is 0.239 e. The lowest BCUT2D eigenvalue weighted by molar-refractivity contribution is -0.115. The van der Waals surface area contributed by atoms with Gasteiger partial charge in [0.15, 0.2) is 0 Å². The summed E-state index contributed by atoms with van der Waals surface area (Å²) in [6, 6.07) is 9.15. The fraction of sp³-hybridized carbons (Fsp3) is 0.333. The number of hydrogen-bond acceptors (Lipinski definition) is 4. The summed E-state index contributed by atoms with van der Waals surface area (Å²) in [5.74, 6) is -0.384. The Bertz CT molecular complexity index is 754. The molecular formula is C15H19N3O3S. The fourth-order valence-electron chi connectivity index (χ4n) is 1.98. The van der Waals surface area contributed by atoms with Gasteiger partial charge < -0.3 is 5.32 Å². The molecule has 0 fully saturated rings. The predicted molar refractivity (Wildman–Crippen MR) is 87.1 cm³/mol. The Morgan fingerprint density at radius 3 is 2.77 bits per heavy atom. The minimum Gasteiger partial charge on any atom is -0.323 e. The molecule has 0 saturated carbocycles. The Labute approximate surface area is 130 Å². The van der Waals surface area contributed by atoms with Gasteiger partial charge in [-0.05, 0) is 18.6 Å². The Kier molecular flexibility index (Phi) is 5.46. The van der Waals surface area contributed by atoms with Crippen molar-refractivity contribution in [2.24, 2.45) is 0 Å². The minimum absolute atomic E-state index is 0.0343. The molecule has 0 spiro atoms. The summed E-state index contributed by atoms with van der Waals surface area (Å²) in [6.07, 6.45) is 3.00. The highest BCUT2D eigenvalue weighted by molar-refractivity contribution is 7.89. The van der Waals surface area contributed by atoms with Crippen LogP contribution in [0.5, 0.6) is 0 Å². The largest absolute Gasteiger partial charge is 0.323 e. The molecule has 0 aliphatic rings. The molecule has 2 aromatic rings. The number of hydrogen-bond donors (Lipinski definition) is 2. The van der Waals surface area contributed by atoms with Gasteiger partial charge in [-0.3, -0.25) is 9.78 Å². The summed E-state index contributed by atoms with van der Waals surface area (Å²) in [5, 5.41) is 3.59. The summed E-state index contributed by atoms with van der Waals surface area (Å²) in [7, 11) is -3.40. The van der Waals surface area contributed by atoms with Crippen molar-refractivity contribution in [1.29, 1.82) is 0 Å². The molecule has 6 nitrogen and oxygen atoms in total. The molecule has 0 saturated heterocycles. The number of aromatic nitrogens is 1. The number of pyridine rings is 1. The molecule has 0 unspecified atom stereocenters. The molecule has 0 atom stereocenters. The van der Waals surface area contributed by atoms with Crippen LogP contribution >= 0.6 is 0 Å². The van der Waals surface area contributed by atoms with Crippen molar-refractivity contribution in [2.75, 3.05) is 17.6 Å². The second-order valence-corrected chi connectivity index (χ2v) is 6.85. The highest BCUT2D eigenvalue weighted by Crippen LogP contribution is 2.20. The molecule has 22 heavy (non-hydrogen) atoms. The Hall–Kier alpha value is -1.99. The number of sulfonamides is 1. The first-order chi connectivity index (χ1) is 10.5. The third-order valence-corrected chi connectivity index (χ3v) is 4.54. The number of carbonyl (C=O) groups excluding carboxylic acids is 1. The van der Waals surface area contributed by atoms with Gasteiger partial charge in [-0.1, -0.05) is 31.5 Å². The quantitative estimate of drug-likeness (QED) is 0.815. The Balaban J connectivity index is 2.00. The molecule has 1 aromatic carbocycles. The van der Waals surface area contributed by atoms with Crippen LogP contribution < -0.4 is 10.0 Å². The van der Waals surface area contributed by atoms with Gasteiger partial charge in [-0.25, -0.2) is 13.1 Å². The summed E-state index contributed by atoms with van der Waals surface area (Å²) < 4.78 is 25.6. The lowest BCUT2D eigenvalue weighted by Gasteiger charge is -2.09. The zero-order chi connectivity index (χ0) is 16.0. The van der Waals surface area contributed by atoms with Crippen molar-refractivity contribution in [3.8, 4) is 0 Å². The second-order valence-electron chi connectivity index (χ2n) is 4.92. The average Bonchev–Trinajstić information content (AvgIpc) is 2.52. The average molecular weight is 321 g/mol. The molecule has 2 N–H and O–H groups in total. The molecule has 1 amide bonds. The van der Waals surface area contributed by atoms with E-state index in [0.717, 1.165) is 11.8 Å². The monoisotopic (exact) mass is 321 g/mol. The van der Waals surface area contributed by atoms with E-state index in [0.29, 0.717) is 17.6 Å². The fourth-order valence-corrected chi connectivity index (χ4v) is 3.15. The maximum Gasteiger partial charge on any atom is 0.239 e. The van der Waals surface area contributed by atoms with Crippen molar-refractivity contribution in [1.82, 2.24) is 9.71 Å². The summed E-state index contributed by atoms with van der Waals surface area (Å²) in [6.45, 7) is 1.63. The van der Waals surface area contributed by atoms with E-state index < -0.39 is 15.9 Å². The second kappa shape index (κ2) is 7.33. The van der Waals surface area contributed by atoms with Crippen molar-refractivity contribution < 1.29 is 13.2 Å². The molecule has 0 aliphatic carbocycles. The molecule has 0 aliphatic heterocycles. The van der Waals surface area contributed by atoms with Crippen molar-refractivity contribution in [2.45, 2.75) is 19.8 Å². The number of unbranched alkanes of at least 4 members (excludes halogenated alkanes) is 1. The van der Waals surface area contributed by atoms with Crippen LogP contribution in [0.2, 0.25) is 0 Å². The molecule has 1 heterocycles. The first kappa shape index (κ1) is 16.4. The standard InChI is InChI=1S/C15H19N3O3S/c1-2-3-10-22(20,21)17-11-14(19)18-13-8-4-6-12-7-5-9-16-15(12)13/h4-9,17H,2-3,10-11H2,1H3,(H,18,19). The topological polar surface area (TPSA) is 88.2 Å². The number of rotatable bonds is 7. The van der Waals surface area contributed by atoms with Gasteiger partial charge in [0.1, 0.15) is 0 Å². The third-order valence-electron chi connectivity index (χ3n) is 3.13. The van der Waals surface area contributed by atoms with Crippen LogP contribution in [-0.4, -0.2) is 31.6 Å². The van der Waals surface area contributed by atoms with Crippen molar-refractivity contribution >= 4 is 32.5 Å². The zero-order valence-corrected chi connectivity index (χ0v) is 13.2. The number of anilines is 1. The number of benzene rings is 1. The highest BCUT2D eigenvalue weighted by Gasteiger charge is 2.12. The first-order valence-electron chi connectivity index (χ1n) is 7.13. The summed E-state index contributed by atoms with van der Waals surface area (Å²) in [5.41, 5.74) is 1.24. The molecule has 0 bridgehead atoms. The SMILES string of the molecule is CCCCS(=O)(=O)NCC(=O)Nc1cccc2cccnc12. The van der Waals surface area contributed by atoms with Crippen molar-refractivity contribution in [3.05, 3.63) is 36.5 Å². The van der Waals surface area contributed by atoms with E-state index in [1.807, 2.05) is 31.2 Å². The van der Waals surface area contributed by atoms with Gasteiger partial charge in [-0.15, -0.1) is 0 Å². The van der Waals surface area contributed by atoms with E-state index in [9.17, 15) is 13.2 Å². The summed E-state index contributed by atoms with van der Waals surface area (Å²) >= 11 is 0. The predicted octanol–water partition coefficient (Wildman–Crippen LogP) is 1.89. The molecule has 7 heteroatoms. The lowest BCUT2D eigenvalue weighted by atomic mass is 10.2. The van der Waals surface area contributed by atoms with Crippen LogP contribution in [0.4, 0.5) is 5.69 Å². The number of nitrogens with one attached hydrogen (secondary N) is 2. The number of nitrogens with zero attached hydrogens (tertiary/aromatic N) is 1. The number of amides is 1. The Morgan fingerprint density at radius 2 is 2.00 bits per heavy atom. The van der Waals surface area contributed by atoms with Crippen LogP contribution in [0.1, 0.15) is 19.8 Å². The zero-order valence-electron chi connectivity index (χ0n) is 12.4. The van der Waals surface area contributed by atoms with Crippen LogP contribution in [0.3, 0.4) is 0 Å². The molecule has 118 valence electrons. The number of para-hydroxylation sites is 1. The number of carbonyl (C=O) groups is 1. The molecular weight excluding hydrogens is 302 g/mol. The first-order valence-corrected chi connectivity index (χ1v) is 8.78. The van der Waals surface area contributed by atoms with Crippen LogP contribution in [0.15, 0.2) is 36.5 Å². The normalized spacial score (nSPS) is 11.5. The van der Waals surface area contributed by atoms with Gasteiger partial charge in [0.05, 0.1) is 23.5 Å². The highest BCUT2D eigenvalue weighted by atomic mass is 32.2. The van der Waals surface area contributed by atoms with Crippen molar-refractivity contribution in [3.63, 3.8) is 0 Å². The molecule has 1 aromatic heterocycles.